The topological polar surface area (TPSA) is 38.7 Å². The van der Waals surface area contributed by atoms with Crippen LogP contribution in [0.3, 0.4) is 0 Å². The number of nitroso groups, excluding NO2 is 1. The van der Waals surface area contributed by atoms with E-state index in [1.165, 1.54) is 36.0 Å². The summed E-state index contributed by atoms with van der Waals surface area (Å²) in [5.41, 5.74) is 4.00. The molecule has 1 fully saturated rings. The molecular weight excluding hydrogens is 238 g/mol. The maximum absolute atomic E-state index is 10.4. The molecule has 0 bridgehead atoms. The Morgan fingerprint density at radius 1 is 1.26 bits per heavy atom. The largest absolute Gasteiger partial charge is 0.491 e. The van der Waals surface area contributed by atoms with E-state index >= 15 is 0 Å². The van der Waals surface area contributed by atoms with E-state index in [1.54, 1.807) is 0 Å². The first-order valence-electron chi connectivity index (χ1n) is 6.98. The van der Waals surface area contributed by atoms with Gasteiger partial charge in [0.1, 0.15) is 5.75 Å². The molecule has 0 radical (unpaired) electrons. The first-order valence-corrected chi connectivity index (χ1v) is 6.98. The van der Waals surface area contributed by atoms with Crippen LogP contribution in [0.4, 0.5) is 0 Å². The normalized spacial score (nSPS) is 14.2. The van der Waals surface area contributed by atoms with E-state index in [0.717, 1.165) is 12.2 Å². The number of hydrogen-bond acceptors (Lipinski definition) is 3. The van der Waals surface area contributed by atoms with E-state index in [2.05, 4.69) is 17.3 Å². The maximum Gasteiger partial charge on any atom is 0.119 e. The van der Waals surface area contributed by atoms with Crippen molar-refractivity contribution in [1.29, 1.82) is 0 Å². The first kappa shape index (κ1) is 13.8. The predicted octanol–water partition coefficient (Wildman–Crippen LogP) is 4.57. The molecule has 1 aromatic rings. The van der Waals surface area contributed by atoms with Crippen LogP contribution in [0.1, 0.15) is 45.1 Å². The van der Waals surface area contributed by atoms with Crippen LogP contribution in [0.2, 0.25) is 0 Å². The lowest BCUT2D eigenvalue weighted by molar-refractivity contribution is 0.242. The molecular formula is C16H21NO2. The van der Waals surface area contributed by atoms with Crippen LogP contribution in [0.15, 0.2) is 35.0 Å². The van der Waals surface area contributed by atoms with Gasteiger partial charge in [0.05, 0.1) is 12.6 Å². The predicted molar refractivity (Wildman–Crippen MR) is 78.3 cm³/mol. The van der Waals surface area contributed by atoms with Crippen LogP contribution < -0.4 is 4.74 Å². The molecule has 1 aliphatic rings. The Balaban J connectivity index is 2.15. The van der Waals surface area contributed by atoms with Crippen molar-refractivity contribution in [3.05, 3.63) is 40.3 Å². The minimum Gasteiger partial charge on any atom is -0.491 e. The molecule has 0 aromatic heterocycles. The number of allylic oxidation sites excluding steroid dienone is 1. The fraction of sp³-hybridized carbons (Fsp3) is 0.500. The minimum atomic E-state index is 0.189. The second-order valence-corrected chi connectivity index (χ2v) is 5.23. The molecule has 1 aliphatic carbocycles. The fourth-order valence-electron chi connectivity index (χ4n) is 2.34. The smallest absolute Gasteiger partial charge is 0.119 e. The van der Waals surface area contributed by atoms with Gasteiger partial charge in [0.25, 0.3) is 0 Å². The van der Waals surface area contributed by atoms with E-state index < -0.39 is 0 Å². The van der Waals surface area contributed by atoms with Crippen LogP contribution in [-0.4, -0.2) is 12.6 Å². The molecule has 0 spiro atoms. The van der Waals surface area contributed by atoms with Gasteiger partial charge in [-0.3, -0.25) is 0 Å². The molecule has 0 unspecified atom stereocenters. The van der Waals surface area contributed by atoms with Crippen molar-refractivity contribution < 1.29 is 4.74 Å². The summed E-state index contributed by atoms with van der Waals surface area (Å²) in [6.07, 6.45) is 4.54. The van der Waals surface area contributed by atoms with Crippen LogP contribution in [0.5, 0.6) is 5.75 Å². The molecule has 102 valence electrons. The van der Waals surface area contributed by atoms with Crippen LogP contribution in [0, 0.1) is 4.91 Å². The van der Waals surface area contributed by atoms with Gasteiger partial charge in [-0.1, -0.05) is 22.9 Å². The molecule has 0 N–H and O–H groups in total. The van der Waals surface area contributed by atoms with Crippen molar-refractivity contribution in [2.75, 3.05) is 6.54 Å². The lowest BCUT2D eigenvalue weighted by Crippen LogP contribution is -2.06. The molecule has 0 heterocycles. The lowest BCUT2D eigenvalue weighted by atomic mass is 9.84. The van der Waals surface area contributed by atoms with Gasteiger partial charge in [0.2, 0.25) is 0 Å². The average Bonchev–Trinajstić information content (AvgIpc) is 2.32. The van der Waals surface area contributed by atoms with E-state index in [4.69, 9.17) is 4.74 Å². The third-order valence-electron chi connectivity index (χ3n) is 3.41. The van der Waals surface area contributed by atoms with E-state index in [9.17, 15) is 4.91 Å². The molecule has 19 heavy (non-hydrogen) atoms. The standard InChI is InChI=1S/C16H21NO2/c1-12(2)19-15-8-6-14(7-9-15)16(10-11-17-18)13-4-3-5-13/h6-9,12H,3-5,10-11H2,1-2H3. The number of benzene rings is 1. The molecule has 0 atom stereocenters. The van der Waals surface area contributed by atoms with Gasteiger partial charge in [-0.25, -0.2) is 0 Å². The summed E-state index contributed by atoms with van der Waals surface area (Å²) in [5.74, 6) is 0.894. The number of hydrogen-bond donors (Lipinski definition) is 0. The summed E-state index contributed by atoms with van der Waals surface area (Å²) < 4.78 is 5.65. The van der Waals surface area contributed by atoms with Crippen LogP contribution >= 0.6 is 0 Å². The zero-order valence-electron chi connectivity index (χ0n) is 11.7. The summed E-state index contributed by atoms with van der Waals surface area (Å²) in [5, 5.41) is 2.99. The van der Waals surface area contributed by atoms with Crippen molar-refractivity contribution in [2.45, 2.75) is 45.6 Å². The van der Waals surface area contributed by atoms with Gasteiger partial charge in [-0.2, -0.15) is 4.91 Å². The summed E-state index contributed by atoms with van der Waals surface area (Å²) in [4.78, 5) is 10.4. The van der Waals surface area contributed by atoms with Gasteiger partial charge >= 0.3 is 0 Å². The Bertz CT molecular complexity index is 454. The monoisotopic (exact) mass is 259 g/mol. The molecule has 0 saturated heterocycles. The average molecular weight is 259 g/mol. The van der Waals surface area contributed by atoms with Crippen molar-refractivity contribution >= 4 is 5.57 Å². The van der Waals surface area contributed by atoms with Crippen molar-refractivity contribution in [1.82, 2.24) is 0 Å². The van der Waals surface area contributed by atoms with Crippen molar-refractivity contribution in [2.24, 2.45) is 5.18 Å². The van der Waals surface area contributed by atoms with E-state index in [-0.39, 0.29) is 6.10 Å². The second kappa shape index (κ2) is 6.50. The summed E-state index contributed by atoms with van der Waals surface area (Å²) in [6.45, 7) is 4.40. The van der Waals surface area contributed by atoms with Gasteiger partial charge in [-0.15, -0.1) is 0 Å². The number of nitrogens with zero attached hydrogens (tertiary/aromatic N) is 1. The zero-order valence-corrected chi connectivity index (χ0v) is 11.7. The minimum absolute atomic E-state index is 0.189. The van der Waals surface area contributed by atoms with Crippen LogP contribution in [0.25, 0.3) is 5.57 Å². The summed E-state index contributed by atoms with van der Waals surface area (Å²) in [6, 6.07) is 8.18. The Morgan fingerprint density at radius 2 is 1.95 bits per heavy atom. The van der Waals surface area contributed by atoms with Crippen molar-refractivity contribution in [3.8, 4) is 5.75 Å². The Hall–Kier alpha value is -1.64. The number of ether oxygens (including phenoxy) is 1. The molecule has 1 aromatic carbocycles. The zero-order chi connectivity index (χ0) is 13.7. The second-order valence-electron chi connectivity index (χ2n) is 5.23. The SMILES string of the molecule is CC(C)Oc1ccc(C(CCN=O)=C2CCC2)cc1. The molecule has 0 amide bonds. The highest BCUT2D eigenvalue weighted by Gasteiger charge is 2.16. The Labute approximate surface area is 114 Å². The Kier molecular flexibility index (Phi) is 4.72. The maximum atomic E-state index is 10.4. The van der Waals surface area contributed by atoms with Crippen LogP contribution in [-0.2, 0) is 0 Å². The lowest BCUT2D eigenvalue weighted by Gasteiger charge is -2.22. The molecule has 3 heteroatoms. The highest BCUT2D eigenvalue weighted by atomic mass is 16.5. The van der Waals surface area contributed by atoms with Gasteiger partial charge in [0, 0.05) is 0 Å². The Morgan fingerprint density at radius 3 is 2.42 bits per heavy atom. The highest BCUT2D eigenvalue weighted by molar-refractivity contribution is 5.70. The third-order valence-corrected chi connectivity index (χ3v) is 3.41. The molecule has 2 rings (SSSR count). The summed E-state index contributed by atoms with van der Waals surface area (Å²) >= 11 is 0. The molecule has 0 aliphatic heterocycles. The quantitative estimate of drug-likeness (QED) is 0.702. The molecule has 1 saturated carbocycles. The van der Waals surface area contributed by atoms with E-state index in [1.807, 2.05) is 26.0 Å². The fourth-order valence-corrected chi connectivity index (χ4v) is 2.34. The summed E-state index contributed by atoms with van der Waals surface area (Å²) in [7, 11) is 0. The van der Waals surface area contributed by atoms with E-state index in [0.29, 0.717) is 6.54 Å². The van der Waals surface area contributed by atoms with Crippen molar-refractivity contribution in [3.63, 3.8) is 0 Å². The third kappa shape index (κ3) is 3.66. The van der Waals surface area contributed by atoms with Gasteiger partial charge in [-0.05, 0) is 62.8 Å². The molecule has 3 nitrogen and oxygen atoms in total. The highest BCUT2D eigenvalue weighted by Crippen LogP contribution is 2.35. The number of rotatable bonds is 6. The first-order chi connectivity index (χ1) is 9.20. The van der Waals surface area contributed by atoms with Gasteiger partial charge < -0.3 is 4.74 Å². The van der Waals surface area contributed by atoms with Gasteiger partial charge in [0.15, 0.2) is 0 Å².